The van der Waals surface area contributed by atoms with Gasteiger partial charge in [-0.15, -0.1) is 0 Å². The van der Waals surface area contributed by atoms with E-state index in [1.54, 1.807) is 0 Å². The minimum atomic E-state index is -0.0816. The Bertz CT molecular complexity index is 163. The molecule has 2 saturated heterocycles. The first kappa shape index (κ1) is 10.4. The molecular weight excluding hydrogens is 182 g/mol. The third-order valence-corrected chi connectivity index (χ3v) is 2.99. The molecule has 0 radical (unpaired) electrons. The second-order valence-corrected chi connectivity index (χ2v) is 4.14. The Labute approximate surface area is 84.8 Å². The molecule has 0 saturated carbocycles. The lowest BCUT2D eigenvalue weighted by Crippen LogP contribution is -2.42. The summed E-state index contributed by atoms with van der Waals surface area (Å²) in [6, 6.07) is 0. The van der Waals surface area contributed by atoms with E-state index in [2.05, 4.69) is 4.90 Å². The van der Waals surface area contributed by atoms with Gasteiger partial charge in [0.15, 0.2) is 0 Å². The maximum absolute atomic E-state index is 9.35. The highest BCUT2D eigenvalue weighted by Gasteiger charge is 2.21. The first-order chi connectivity index (χ1) is 6.84. The van der Waals surface area contributed by atoms with Gasteiger partial charge in [-0.3, -0.25) is 0 Å². The molecule has 4 heteroatoms. The number of hydrogen-bond acceptors (Lipinski definition) is 4. The Morgan fingerprint density at radius 2 is 2.00 bits per heavy atom. The summed E-state index contributed by atoms with van der Waals surface area (Å²) in [6.45, 7) is 4.27. The Kier molecular flexibility index (Phi) is 3.75. The Morgan fingerprint density at radius 1 is 1.21 bits per heavy atom. The zero-order valence-electron chi connectivity index (χ0n) is 8.52. The van der Waals surface area contributed by atoms with Crippen molar-refractivity contribution in [3.8, 4) is 0 Å². The Balaban J connectivity index is 1.68. The van der Waals surface area contributed by atoms with Crippen molar-refractivity contribution in [3.63, 3.8) is 0 Å². The second kappa shape index (κ2) is 5.07. The van der Waals surface area contributed by atoms with Gasteiger partial charge >= 0.3 is 0 Å². The Morgan fingerprint density at radius 3 is 2.64 bits per heavy atom. The van der Waals surface area contributed by atoms with Crippen molar-refractivity contribution in [2.45, 2.75) is 31.5 Å². The van der Waals surface area contributed by atoms with Crippen molar-refractivity contribution in [1.82, 2.24) is 4.90 Å². The molecule has 4 nitrogen and oxygen atoms in total. The molecule has 2 heterocycles. The summed E-state index contributed by atoms with van der Waals surface area (Å²) in [7, 11) is 0. The average Bonchev–Trinajstić information content (AvgIpc) is 2.23. The molecule has 1 N–H and O–H groups in total. The molecule has 0 aliphatic carbocycles. The molecule has 2 aliphatic heterocycles. The molecule has 82 valence electrons. The number of piperidine rings is 1. The van der Waals surface area contributed by atoms with Crippen molar-refractivity contribution < 1.29 is 14.6 Å². The van der Waals surface area contributed by atoms with E-state index in [0.29, 0.717) is 12.9 Å². The first-order valence-electron chi connectivity index (χ1n) is 5.44. The summed E-state index contributed by atoms with van der Waals surface area (Å²) in [5.74, 6) is 0. The van der Waals surface area contributed by atoms with Crippen LogP contribution >= 0.6 is 0 Å². The van der Waals surface area contributed by atoms with Crippen LogP contribution in [0.1, 0.15) is 19.3 Å². The molecule has 1 atom stereocenters. The van der Waals surface area contributed by atoms with Crippen LogP contribution in [0.25, 0.3) is 0 Å². The summed E-state index contributed by atoms with van der Waals surface area (Å²) in [5, 5.41) is 9.35. The van der Waals surface area contributed by atoms with E-state index in [1.807, 2.05) is 0 Å². The molecule has 2 aliphatic rings. The van der Waals surface area contributed by atoms with Crippen LogP contribution in [0.4, 0.5) is 0 Å². The van der Waals surface area contributed by atoms with E-state index in [9.17, 15) is 5.11 Å². The predicted molar refractivity (Wildman–Crippen MR) is 52.0 cm³/mol. The third-order valence-electron chi connectivity index (χ3n) is 2.99. The van der Waals surface area contributed by atoms with Crippen molar-refractivity contribution >= 4 is 0 Å². The van der Waals surface area contributed by atoms with Crippen LogP contribution in [0.3, 0.4) is 0 Å². The number of ether oxygens (including phenoxy) is 2. The zero-order chi connectivity index (χ0) is 9.80. The highest BCUT2D eigenvalue weighted by atomic mass is 16.7. The summed E-state index contributed by atoms with van der Waals surface area (Å²) < 4.78 is 10.6. The van der Waals surface area contributed by atoms with Gasteiger partial charge in [-0.1, -0.05) is 0 Å². The largest absolute Gasteiger partial charge is 0.393 e. The van der Waals surface area contributed by atoms with Crippen LogP contribution in [0.5, 0.6) is 0 Å². The van der Waals surface area contributed by atoms with E-state index in [0.717, 1.165) is 45.5 Å². The van der Waals surface area contributed by atoms with Crippen LogP contribution in [-0.4, -0.2) is 55.2 Å². The first-order valence-corrected chi connectivity index (χ1v) is 5.44. The zero-order valence-corrected chi connectivity index (χ0v) is 8.52. The van der Waals surface area contributed by atoms with Gasteiger partial charge in [0.1, 0.15) is 6.79 Å². The molecule has 0 aromatic rings. The van der Waals surface area contributed by atoms with Gasteiger partial charge in [0, 0.05) is 19.6 Å². The quantitative estimate of drug-likeness (QED) is 0.693. The topological polar surface area (TPSA) is 41.9 Å². The number of aliphatic hydroxyl groups excluding tert-OH is 1. The molecule has 0 aromatic heterocycles. The minimum Gasteiger partial charge on any atom is -0.393 e. The van der Waals surface area contributed by atoms with Gasteiger partial charge in [-0.25, -0.2) is 0 Å². The van der Waals surface area contributed by atoms with Gasteiger partial charge in [0.25, 0.3) is 0 Å². The number of rotatable bonds is 2. The van der Waals surface area contributed by atoms with E-state index >= 15 is 0 Å². The molecule has 0 amide bonds. The van der Waals surface area contributed by atoms with E-state index in [4.69, 9.17) is 9.47 Å². The molecule has 0 aromatic carbocycles. The SMILES string of the molecule is OC1CCN(CC2CCOCO2)CC1. The fourth-order valence-electron chi connectivity index (χ4n) is 2.04. The summed E-state index contributed by atoms with van der Waals surface area (Å²) in [6.07, 6.45) is 3.06. The molecule has 0 spiro atoms. The molecule has 2 fully saturated rings. The van der Waals surface area contributed by atoms with Gasteiger partial charge in [-0.05, 0) is 19.3 Å². The minimum absolute atomic E-state index is 0.0816. The normalized spacial score (nSPS) is 31.9. The van der Waals surface area contributed by atoms with Gasteiger partial charge < -0.3 is 19.5 Å². The van der Waals surface area contributed by atoms with Gasteiger partial charge in [0.05, 0.1) is 18.8 Å². The van der Waals surface area contributed by atoms with Crippen molar-refractivity contribution in [1.29, 1.82) is 0 Å². The fourth-order valence-corrected chi connectivity index (χ4v) is 2.04. The average molecular weight is 201 g/mol. The van der Waals surface area contributed by atoms with Crippen LogP contribution in [0.15, 0.2) is 0 Å². The van der Waals surface area contributed by atoms with Crippen molar-refractivity contribution in [2.75, 3.05) is 33.0 Å². The summed E-state index contributed by atoms with van der Waals surface area (Å²) in [4.78, 5) is 2.38. The van der Waals surface area contributed by atoms with Crippen LogP contribution in [0.2, 0.25) is 0 Å². The highest BCUT2D eigenvalue weighted by Crippen LogP contribution is 2.13. The van der Waals surface area contributed by atoms with E-state index in [-0.39, 0.29) is 6.10 Å². The molecule has 1 unspecified atom stereocenters. The molecule has 2 rings (SSSR count). The van der Waals surface area contributed by atoms with Crippen molar-refractivity contribution in [3.05, 3.63) is 0 Å². The van der Waals surface area contributed by atoms with Crippen LogP contribution < -0.4 is 0 Å². The lowest BCUT2D eigenvalue weighted by atomic mass is 10.1. The van der Waals surface area contributed by atoms with Crippen LogP contribution in [-0.2, 0) is 9.47 Å². The number of nitrogens with zero attached hydrogens (tertiary/aromatic N) is 1. The summed E-state index contributed by atoms with van der Waals surface area (Å²) in [5.41, 5.74) is 0. The maximum Gasteiger partial charge on any atom is 0.147 e. The van der Waals surface area contributed by atoms with Gasteiger partial charge in [-0.2, -0.15) is 0 Å². The van der Waals surface area contributed by atoms with Crippen molar-refractivity contribution in [2.24, 2.45) is 0 Å². The third kappa shape index (κ3) is 2.92. The number of likely N-dealkylation sites (tertiary alicyclic amines) is 1. The Hall–Kier alpha value is -0.160. The monoisotopic (exact) mass is 201 g/mol. The highest BCUT2D eigenvalue weighted by molar-refractivity contribution is 4.74. The second-order valence-electron chi connectivity index (χ2n) is 4.14. The summed E-state index contributed by atoms with van der Waals surface area (Å²) >= 11 is 0. The smallest absolute Gasteiger partial charge is 0.147 e. The molecule has 0 bridgehead atoms. The number of hydrogen-bond donors (Lipinski definition) is 1. The lowest BCUT2D eigenvalue weighted by molar-refractivity contribution is -0.146. The van der Waals surface area contributed by atoms with E-state index in [1.165, 1.54) is 0 Å². The van der Waals surface area contributed by atoms with E-state index < -0.39 is 0 Å². The predicted octanol–water partition coefficient (Wildman–Crippen LogP) is 0.206. The fraction of sp³-hybridized carbons (Fsp3) is 1.00. The molecular formula is C10H19NO3. The van der Waals surface area contributed by atoms with Crippen LogP contribution in [0, 0.1) is 0 Å². The number of aliphatic hydroxyl groups is 1. The maximum atomic E-state index is 9.35. The standard InChI is InChI=1S/C10H19NO3/c12-9-1-4-11(5-2-9)7-10-3-6-13-8-14-10/h9-10,12H,1-8H2. The molecule has 14 heavy (non-hydrogen) atoms. The van der Waals surface area contributed by atoms with Gasteiger partial charge in [0.2, 0.25) is 0 Å². The lowest BCUT2D eigenvalue weighted by Gasteiger charge is -2.33.